The second-order valence-electron chi connectivity index (χ2n) is 9.32. The monoisotopic (exact) mass is 552 g/mol. The number of carbonyl (C=O) groups is 2. The van der Waals surface area contributed by atoms with Gasteiger partial charge >= 0.3 is 0 Å². The standard InChI is InChI=1S/C28H33ClN6O4/c1-34(2)14-6-9-23(36)35(3)15-16-39-22-17-30-12-10-18(22)25-26(24-20(32-25)11-13-31-28(24)37)33-21-8-5-7-19(29)27(21)38-4/h5-10,12,17,32-33H,11,13-16H2,1-4H3,(H,31,37)/b9-6+. The highest BCUT2D eigenvalue weighted by Gasteiger charge is 2.28. The summed E-state index contributed by atoms with van der Waals surface area (Å²) in [4.78, 5) is 36.6. The van der Waals surface area contributed by atoms with Gasteiger partial charge in [-0.05, 0) is 32.3 Å². The number of ether oxygens (including phenoxy) is 2. The van der Waals surface area contributed by atoms with Gasteiger partial charge in [-0.1, -0.05) is 23.7 Å². The van der Waals surface area contributed by atoms with Gasteiger partial charge in [-0.2, -0.15) is 0 Å². The number of nitrogens with zero attached hydrogens (tertiary/aromatic N) is 3. The van der Waals surface area contributed by atoms with E-state index in [1.54, 1.807) is 49.7 Å². The van der Waals surface area contributed by atoms with Crippen molar-refractivity contribution in [2.75, 3.05) is 59.8 Å². The number of para-hydroxylation sites is 1. The van der Waals surface area contributed by atoms with E-state index < -0.39 is 0 Å². The van der Waals surface area contributed by atoms with Crippen molar-refractivity contribution in [2.45, 2.75) is 6.42 Å². The third-order valence-electron chi connectivity index (χ3n) is 6.24. The van der Waals surface area contributed by atoms with Crippen LogP contribution >= 0.6 is 11.6 Å². The van der Waals surface area contributed by atoms with Crippen LogP contribution < -0.4 is 20.1 Å². The molecular weight excluding hydrogens is 520 g/mol. The first kappa shape index (κ1) is 28.0. The third-order valence-corrected chi connectivity index (χ3v) is 6.54. The van der Waals surface area contributed by atoms with E-state index in [0.717, 1.165) is 11.3 Å². The number of pyridine rings is 1. The second-order valence-corrected chi connectivity index (χ2v) is 9.73. The van der Waals surface area contributed by atoms with Gasteiger partial charge < -0.3 is 34.9 Å². The van der Waals surface area contributed by atoms with Crippen LogP contribution in [0.15, 0.2) is 48.8 Å². The molecule has 1 aromatic carbocycles. The van der Waals surface area contributed by atoms with Gasteiger partial charge in [0.1, 0.15) is 12.4 Å². The molecule has 0 unspecified atom stereocenters. The van der Waals surface area contributed by atoms with E-state index in [2.05, 4.69) is 20.6 Å². The van der Waals surface area contributed by atoms with E-state index in [-0.39, 0.29) is 18.4 Å². The zero-order chi connectivity index (χ0) is 27.9. The molecule has 0 aliphatic carbocycles. The van der Waals surface area contributed by atoms with Gasteiger partial charge in [0.2, 0.25) is 5.91 Å². The number of rotatable bonds is 11. The molecule has 3 N–H and O–H groups in total. The van der Waals surface area contributed by atoms with E-state index >= 15 is 0 Å². The molecule has 10 nitrogen and oxygen atoms in total. The molecule has 1 aliphatic heterocycles. The summed E-state index contributed by atoms with van der Waals surface area (Å²) in [5, 5.41) is 6.73. The molecule has 39 heavy (non-hydrogen) atoms. The van der Waals surface area contributed by atoms with Gasteiger partial charge in [0.05, 0.1) is 47.5 Å². The first-order chi connectivity index (χ1) is 18.8. The number of amides is 2. The molecule has 0 fully saturated rings. The minimum Gasteiger partial charge on any atom is -0.493 e. The maximum absolute atomic E-state index is 13.0. The van der Waals surface area contributed by atoms with Crippen LogP contribution in [-0.4, -0.2) is 86.1 Å². The predicted molar refractivity (Wildman–Crippen MR) is 152 cm³/mol. The van der Waals surface area contributed by atoms with Crippen LogP contribution in [0.3, 0.4) is 0 Å². The Kier molecular flexibility index (Phi) is 9.11. The Labute approximate surface area is 232 Å². The number of methoxy groups -OCH3 is 1. The molecule has 1 aliphatic rings. The highest BCUT2D eigenvalue weighted by molar-refractivity contribution is 6.32. The summed E-state index contributed by atoms with van der Waals surface area (Å²) in [5.74, 6) is 0.703. The largest absolute Gasteiger partial charge is 0.493 e. The molecule has 3 aromatic rings. The molecule has 0 saturated carbocycles. The predicted octanol–water partition coefficient (Wildman–Crippen LogP) is 3.72. The summed E-state index contributed by atoms with van der Waals surface area (Å²) in [7, 11) is 7.16. The van der Waals surface area contributed by atoms with Gasteiger partial charge in [0, 0.05) is 50.1 Å². The van der Waals surface area contributed by atoms with E-state index in [1.165, 1.54) is 0 Å². The number of aromatic nitrogens is 2. The smallest absolute Gasteiger partial charge is 0.255 e. The number of nitrogens with one attached hydrogen (secondary N) is 3. The number of benzene rings is 1. The van der Waals surface area contributed by atoms with Gasteiger partial charge in [0.25, 0.3) is 5.91 Å². The number of aromatic amines is 1. The Balaban J connectivity index is 1.61. The van der Waals surface area contributed by atoms with Crippen LogP contribution in [0.25, 0.3) is 11.3 Å². The first-order valence-electron chi connectivity index (χ1n) is 12.6. The minimum atomic E-state index is -0.179. The van der Waals surface area contributed by atoms with Crippen LogP contribution in [0, 0.1) is 0 Å². The van der Waals surface area contributed by atoms with Crippen molar-refractivity contribution in [1.82, 2.24) is 25.1 Å². The molecule has 2 aromatic heterocycles. The van der Waals surface area contributed by atoms with Crippen molar-refractivity contribution in [2.24, 2.45) is 0 Å². The Morgan fingerprint density at radius 3 is 2.85 bits per heavy atom. The summed E-state index contributed by atoms with van der Waals surface area (Å²) in [5.41, 5.74) is 3.93. The highest BCUT2D eigenvalue weighted by atomic mass is 35.5. The molecule has 0 bridgehead atoms. The first-order valence-corrected chi connectivity index (χ1v) is 12.9. The summed E-state index contributed by atoms with van der Waals surface area (Å²) >= 11 is 6.36. The molecule has 206 valence electrons. The molecule has 0 radical (unpaired) electrons. The van der Waals surface area contributed by atoms with Crippen molar-refractivity contribution in [3.05, 3.63) is 65.1 Å². The maximum atomic E-state index is 13.0. The fourth-order valence-electron chi connectivity index (χ4n) is 4.25. The maximum Gasteiger partial charge on any atom is 0.255 e. The molecule has 0 saturated heterocycles. The van der Waals surface area contributed by atoms with Gasteiger partial charge in [-0.3, -0.25) is 14.6 Å². The lowest BCUT2D eigenvalue weighted by Gasteiger charge is -2.18. The van der Waals surface area contributed by atoms with E-state index in [1.807, 2.05) is 37.2 Å². The quantitative estimate of drug-likeness (QED) is 0.311. The Morgan fingerprint density at radius 1 is 1.26 bits per heavy atom. The van der Waals surface area contributed by atoms with Crippen molar-refractivity contribution in [3.8, 4) is 22.8 Å². The van der Waals surface area contributed by atoms with Crippen LogP contribution in [0.1, 0.15) is 16.1 Å². The average Bonchev–Trinajstić information content (AvgIpc) is 3.28. The number of H-pyrrole nitrogens is 1. The molecule has 0 spiro atoms. The number of halogens is 1. The van der Waals surface area contributed by atoms with Crippen LogP contribution in [0.5, 0.6) is 11.5 Å². The number of likely N-dealkylation sites (N-methyl/N-ethyl adjacent to an activating group) is 2. The lowest BCUT2D eigenvalue weighted by Crippen LogP contribution is -2.31. The fraction of sp³-hybridized carbons (Fsp3) is 0.321. The average molecular weight is 553 g/mol. The summed E-state index contributed by atoms with van der Waals surface area (Å²) in [6.07, 6.45) is 7.32. The van der Waals surface area contributed by atoms with E-state index in [4.69, 9.17) is 21.1 Å². The lowest BCUT2D eigenvalue weighted by atomic mass is 10.0. The molecule has 11 heteroatoms. The Morgan fingerprint density at radius 2 is 2.08 bits per heavy atom. The van der Waals surface area contributed by atoms with Crippen molar-refractivity contribution in [3.63, 3.8) is 0 Å². The molecular formula is C28H33ClN6O4. The van der Waals surface area contributed by atoms with Crippen molar-refractivity contribution >= 4 is 34.8 Å². The number of hydrogen-bond donors (Lipinski definition) is 3. The zero-order valence-electron chi connectivity index (χ0n) is 22.5. The number of fused-ring (bicyclic) bond motifs is 1. The molecule has 3 heterocycles. The SMILES string of the molecule is COc1c(Cl)cccc1Nc1c(-c2ccncc2OCCN(C)C(=O)/C=C/CN(C)C)[nH]c2c1C(=O)NCC2. The number of hydrogen-bond acceptors (Lipinski definition) is 7. The van der Waals surface area contributed by atoms with E-state index in [9.17, 15) is 9.59 Å². The fourth-order valence-corrected chi connectivity index (χ4v) is 4.50. The lowest BCUT2D eigenvalue weighted by molar-refractivity contribution is -0.125. The zero-order valence-corrected chi connectivity index (χ0v) is 23.3. The summed E-state index contributed by atoms with van der Waals surface area (Å²) in [6, 6.07) is 7.20. The third kappa shape index (κ3) is 6.52. The minimum absolute atomic E-state index is 0.100. The summed E-state index contributed by atoms with van der Waals surface area (Å²) < 4.78 is 11.6. The van der Waals surface area contributed by atoms with Crippen LogP contribution in [-0.2, 0) is 11.2 Å². The van der Waals surface area contributed by atoms with Gasteiger partial charge in [0.15, 0.2) is 5.75 Å². The van der Waals surface area contributed by atoms with E-state index in [0.29, 0.717) is 65.2 Å². The van der Waals surface area contributed by atoms with Crippen LogP contribution in [0.4, 0.5) is 11.4 Å². The van der Waals surface area contributed by atoms with Gasteiger partial charge in [-0.15, -0.1) is 0 Å². The number of carbonyl (C=O) groups excluding carboxylic acids is 2. The normalized spacial score (nSPS) is 12.8. The Hall–Kier alpha value is -4.02. The van der Waals surface area contributed by atoms with Gasteiger partial charge in [-0.25, -0.2) is 0 Å². The Bertz CT molecular complexity index is 1370. The van der Waals surface area contributed by atoms with Crippen molar-refractivity contribution in [1.29, 1.82) is 0 Å². The highest BCUT2D eigenvalue weighted by Crippen LogP contribution is 2.42. The van der Waals surface area contributed by atoms with Crippen LogP contribution in [0.2, 0.25) is 5.02 Å². The molecule has 4 rings (SSSR count). The van der Waals surface area contributed by atoms with Crippen molar-refractivity contribution < 1.29 is 19.1 Å². The summed E-state index contributed by atoms with van der Waals surface area (Å²) in [6.45, 7) is 1.86. The molecule has 2 amide bonds. The topological polar surface area (TPSA) is 112 Å². The second kappa shape index (κ2) is 12.7. The number of anilines is 2. The molecule has 0 atom stereocenters.